The van der Waals surface area contributed by atoms with Gasteiger partial charge in [-0.2, -0.15) is 0 Å². The molecule has 0 aliphatic rings. The SMILES string of the molecule is CCCCNc1nccn1Cc1ccc(Br)s1. The van der Waals surface area contributed by atoms with Gasteiger partial charge in [0, 0.05) is 23.8 Å². The minimum absolute atomic E-state index is 0.880. The molecular formula is C12H16BrN3S. The van der Waals surface area contributed by atoms with Crippen molar-refractivity contribution >= 4 is 33.2 Å². The summed E-state index contributed by atoms with van der Waals surface area (Å²) in [6.07, 6.45) is 6.24. The topological polar surface area (TPSA) is 29.9 Å². The van der Waals surface area contributed by atoms with Crippen molar-refractivity contribution in [2.45, 2.75) is 26.3 Å². The molecule has 0 aromatic carbocycles. The number of halogens is 1. The highest BCUT2D eigenvalue weighted by Gasteiger charge is 2.04. The molecular weight excluding hydrogens is 298 g/mol. The number of nitrogens with zero attached hydrogens (tertiary/aromatic N) is 2. The lowest BCUT2D eigenvalue weighted by Gasteiger charge is -2.08. The van der Waals surface area contributed by atoms with Gasteiger partial charge in [0.2, 0.25) is 5.95 Å². The second kappa shape index (κ2) is 6.21. The Morgan fingerprint density at radius 2 is 2.35 bits per heavy atom. The van der Waals surface area contributed by atoms with E-state index in [4.69, 9.17) is 0 Å². The van der Waals surface area contributed by atoms with E-state index in [1.165, 1.54) is 21.5 Å². The third-order valence-corrected chi connectivity index (χ3v) is 4.09. The fourth-order valence-electron chi connectivity index (χ4n) is 1.59. The molecule has 0 unspecified atom stereocenters. The summed E-state index contributed by atoms with van der Waals surface area (Å²) in [5.74, 6) is 0.961. The van der Waals surface area contributed by atoms with Crippen molar-refractivity contribution in [1.29, 1.82) is 0 Å². The summed E-state index contributed by atoms with van der Waals surface area (Å²) < 4.78 is 3.32. The number of imidazole rings is 1. The van der Waals surface area contributed by atoms with Crippen LogP contribution in [-0.4, -0.2) is 16.1 Å². The number of hydrogen-bond acceptors (Lipinski definition) is 3. The maximum atomic E-state index is 4.34. The highest BCUT2D eigenvalue weighted by atomic mass is 79.9. The number of anilines is 1. The first-order valence-corrected chi connectivity index (χ1v) is 7.39. The van der Waals surface area contributed by atoms with Crippen LogP contribution in [0.2, 0.25) is 0 Å². The highest BCUT2D eigenvalue weighted by molar-refractivity contribution is 9.11. The van der Waals surface area contributed by atoms with Gasteiger partial charge in [0.1, 0.15) is 0 Å². The van der Waals surface area contributed by atoms with Crippen LogP contribution in [-0.2, 0) is 6.54 Å². The van der Waals surface area contributed by atoms with Gasteiger partial charge in [0.25, 0.3) is 0 Å². The summed E-state index contributed by atoms with van der Waals surface area (Å²) in [5, 5.41) is 3.37. The molecule has 3 nitrogen and oxygen atoms in total. The van der Waals surface area contributed by atoms with E-state index in [2.05, 4.69) is 49.9 Å². The molecule has 0 fully saturated rings. The summed E-state index contributed by atoms with van der Waals surface area (Å²) in [6, 6.07) is 4.23. The minimum atomic E-state index is 0.880. The molecule has 17 heavy (non-hydrogen) atoms. The van der Waals surface area contributed by atoms with Crippen molar-refractivity contribution in [2.75, 3.05) is 11.9 Å². The Bertz CT molecular complexity index is 464. The molecule has 2 aromatic heterocycles. The molecule has 0 saturated heterocycles. The second-order valence-electron chi connectivity index (χ2n) is 3.86. The van der Waals surface area contributed by atoms with E-state index in [0.29, 0.717) is 0 Å². The lowest BCUT2D eigenvalue weighted by atomic mass is 10.3. The van der Waals surface area contributed by atoms with E-state index in [9.17, 15) is 0 Å². The molecule has 0 saturated carbocycles. The Labute approximate surface area is 114 Å². The van der Waals surface area contributed by atoms with E-state index < -0.39 is 0 Å². The fraction of sp³-hybridized carbons (Fsp3) is 0.417. The Kier molecular flexibility index (Phi) is 4.62. The second-order valence-corrected chi connectivity index (χ2v) is 6.41. The third kappa shape index (κ3) is 3.57. The molecule has 0 aliphatic heterocycles. The molecule has 2 rings (SSSR count). The Morgan fingerprint density at radius 1 is 1.47 bits per heavy atom. The molecule has 2 heterocycles. The quantitative estimate of drug-likeness (QED) is 0.818. The van der Waals surface area contributed by atoms with E-state index in [-0.39, 0.29) is 0 Å². The van der Waals surface area contributed by atoms with Crippen molar-refractivity contribution in [2.24, 2.45) is 0 Å². The zero-order valence-electron chi connectivity index (χ0n) is 9.82. The number of unbranched alkanes of at least 4 members (excludes halogenated alkanes) is 1. The highest BCUT2D eigenvalue weighted by Crippen LogP contribution is 2.23. The van der Waals surface area contributed by atoms with E-state index in [1.54, 1.807) is 11.3 Å². The maximum absolute atomic E-state index is 4.34. The predicted molar refractivity (Wildman–Crippen MR) is 76.7 cm³/mol. The molecule has 0 bridgehead atoms. The molecule has 0 spiro atoms. The zero-order chi connectivity index (χ0) is 12.1. The standard InChI is InChI=1S/C12H16BrN3S/c1-2-3-6-14-12-15-7-8-16(12)9-10-4-5-11(13)17-10/h4-5,7-8H,2-3,6,9H2,1H3,(H,14,15). The van der Waals surface area contributed by atoms with Gasteiger partial charge in [-0.05, 0) is 34.5 Å². The Morgan fingerprint density at radius 3 is 3.06 bits per heavy atom. The first-order chi connectivity index (χ1) is 8.29. The van der Waals surface area contributed by atoms with E-state index in [0.717, 1.165) is 19.0 Å². The number of aromatic nitrogens is 2. The molecule has 0 aliphatic carbocycles. The van der Waals surface area contributed by atoms with Crippen LogP contribution in [0.15, 0.2) is 28.3 Å². The fourth-order valence-corrected chi connectivity index (χ4v) is 3.07. The number of rotatable bonds is 6. The zero-order valence-corrected chi connectivity index (χ0v) is 12.2. The first kappa shape index (κ1) is 12.6. The molecule has 0 radical (unpaired) electrons. The number of nitrogens with one attached hydrogen (secondary N) is 1. The van der Waals surface area contributed by atoms with E-state index >= 15 is 0 Å². The largest absolute Gasteiger partial charge is 0.356 e. The summed E-state index contributed by atoms with van der Waals surface area (Å²) in [6.45, 7) is 4.06. The molecule has 0 atom stereocenters. The maximum Gasteiger partial charge on any atom is 0.203 e. The average molecular weight is 314 g/mol. The van der Waals surface area contributed by atoms with Crippen LogP contribution >= 0.6 is 27.3 Å². The number of hydrogen-bond donors (Lipinski definition) is 1. The summed E-state index contributed by atoms with van der Waals surface area (Å²) >= 11 is 5.25. The van der Waals surface area contributed by atoms with Crippen LogP contribution in [0.25, 0.3) is 0 Å². The van der Waals surface area contributed by atoms with Crippen molar-refractivity contribution in [3.05, 3.63) is 33.2 Å². The van der Waals surface area contributed by atoms with Crippen LogP contribution < -0.4 is 5.32 Å². The number of thiophene rings is 1. The lowest BCUT2D eigenvalue weighted by Crippen LogP contribution is -2.08. The lowest BCUT2D eigenvalue weighted by molar-refractivity contribution is 0.782. The Balaban J connectivity index is 1.98. The van der Waals surface area contributed by atoms with Crippen molar-refractivity contribution < 1.29 is 0 Å². The molecule has 92 valence electrons. The van der Waals surface area contributed by atoms with Gasteiger partial charge in [-0.3, -0.25) is 0 Å². The molecule has 1 N–H and O–H groups in total. The van der Waals surface area contributed by atoms with Crippen LogP contribution in [0.4, 0.5) is 5.95 Å². The summed E-state index contributed by atoms with van der Waals surface area (Å²) in [5.41, 5.74) is 0. The molecule has 0 amide bonds. The van der Waals surface area contributed by atoms with Crippen LogP contribution in [0.1, 0.15) is 24.6 Å². The molecule has 2 aromatic rings. The van der Waals surface area contributed by atoms with Gasteiger partial charge in [-0.1, -0.05) is 13.3 Å². The summed E-state index contributed by atoms with van der Waals surface area (Å²) in [4.78, 5) is 5.66. The Hall–Kier alpha value is -0.810. The van der Waals surface area contributed by atoms with E-state index in [1.807, 2.05) is 12.4 Å². The van der Waals surface area contributed by atoms with Crippen molar-refractivity contribution in [1.82, 2.24) is 9.55 Å². The summed E-state index contributed by atoms with van der Waals surface area (Å²) in [7, 11) is 0. The van der Waals surface area contributed by atoms with Crippen molar-refractivity contribution in [3.63, 3.8) is 0 Å². The van der Waals surface area contributed by atoms with Gasteiger partial charge in [0.15, 0.2) is 0 Å². The normalized spacial score (nSPS) is 10.7. The predicted octanol–water partition coefficient (Wildman–Crippen LogP) is 3.97. The van der Waals surface area contributed by atoms with Gasteiger partial charge in [0.05, 0.1) is 10.3 Å². The smallest absolute Gasteiger partial charge is 0.203 e. The minimum Gasteiger partial charge on any atom is -0.356 e. The monoisotopic (exact) mass is 313 g/mol. The van der Waals surface area contributed by atoms with Gasteiger partial charge in [-0.15, -0.1) is 11.3 Å². The van der Waals surface area contributed by atoms with Gasteiger partial charge < -0.3 is 9.88 Å². The van der Waals surface area contributed by atoms with Gasteiger partial charge >= 0.3 is 0 Å². The first-order valence-electron chi connectivity index (χ1n) is 5.79. The van der Waals surface area contributed by atoms with Crippen molar-refractivity contribution in [3.8, 4) is 0 Å². The molecule has 5 heteroatoms. The average Bonchev–Trinajstić information content (AvgIpc) is 2.90. The third-order valence-electron chi connectivity index (χ3n) is 2.48. The van der Waals surface area contributed by atoms with Crippen LogP contribution in [0, 0.1) is 0 Å². The van der Waals surface area contributed by atoms with Crippen LogP contribution in [0.5, 0.6) is 0 Å². The van der Waals surface area contributed by atoms with Gasteiger partial charge in [-0.25, -0.2) is 4.98 Å². The van der Waals surface area contributed by atoms with Crippen LogP contribution in [0.3, 0.4) is 0 Å².